The molecule has 0 saturated heterocycles. The van der Waals surface area contributed by atoms with E-state index in [-0.39, 0.29) is 5.82 Å². The van der Waals surface area contributed by atoms with Crippen LogP contribution in [0.15, 0.2) is 85.1 Å². The molecule has 2 nitrogen and oxygen atoms in total. The van der Waals surface area contributed by atoms with E-state index in [1.54, 1.807) is 0 Å². The van der Waals surface area contributed by atoms with Crippen molar-refractivity contribution in [1.82, 2.24) is 9.88 Å². The Bertz CT molecular complexity index is 988. The molecular weight excluding hydrogens is 323 g/mol. The van der Waals surface area contributed by atoms with Gasteiger partial charge < -0.3 is 9.88 Å². The number of rotatable bonds is 6. The van der Waals surface area contributed by atoms with Gasteiger partial charge in [-0.25, -0.2) is 4.39 Å². The molecular formula is C23H21FN2. The first-order chi connectivity index (χ1) is 12.8. The summed E-state index contributed by atoms with van der Waals surface area (Å²) in [4.78, 5) is 0. The van der Waals surface area contributed by atoms with Crippen LogP contribution in [0.25, 0.3) is 10.9 Å². The van der Waals surface area contributed by atoms with Crippen LogP contribution < -0.4 is 5.32 Å². The highest BCUT2D eigenvalue weighted by molar-refractivity contribution is 5.84. The van der Waals surface area contributed by atoms with E-state index in [0.29, 0.717) is 0 Å². The average molecular weight is 344 g/mol. The molecule has 0 aliphatic heterocycles. The first-order valence-electron chi connectivity index (χ1n) is 8.85. The van der Waals surface area contributed by atoms with Crippen molar-refractivity contribution >= 4 is 10.9 Å². The van der Waals surface area contributed by atoms with Gasteiger partial charge in [0.05, 0.1) is 0 Å². The Hall–Kier alpha value is -2.91. The normalized spacial score (nSPS) is 11.1. The fourth-order valence-corrected chi connectivity index (χ4v) is 3.32. The van der Waals surface area contributed by atoms with Crippen LogP contribution in [0.2, 0.25) is 0 Å². The first kappa shape index (κ1) is 16.6. The zero-order valence-electron chi connectivity index (χ0n) is 14.5. The van der Waals surface area contributed by atoms with Crippen LogP contribution in [0.4, 0.5) is 4.39 Å². The Kier molecular flexibility index (Phi) is 4.80. The lowest BCUT2D eigenvalue weighted by atomic mass is 10.1. The van der Waals surface area contributed by atoms with Gasteiger partial charge in [-0.1, -0.05) is 60.7 Å². The number of halogens is 1. The number of nitrogens with one attached hydrogen (secondary N) is 1. The molecule has 0 aliphatic carbocycles. The van der Waals surface area contributed by atoms with Crippen molar-refractivity contribution in [1.29, 1.82) is 0 Å². The molecule has 0 radical (unpaired) electrons. The van der Waals surface area contributed by atoms with Crippen molar-refractivity contribution < 1.29 is 4.39 Å². The van der Waals surface area contributed by atoms with Gasteiger partial charge in [0.15, 0.2) is 0 Å². The highest BCUT2D eigenvalue weighted by atomic mass is 19.1. The Morgan fingerprint density at radius 3 is 2.27 bits per heavy atom. The third-order valence-electron chi connectivity index (χ3n) is 4.62. The first-order valence-corrected chi connectivity index (χ1v) is 8.85. The third-order valence-corrected chi connectivity index (χ3v) is 4.62. The Labute approximate surface area is 152 Å². The second-order valence-corrected chi connectivity index (χ2v) is 6.52. The van der Waals surface area contributed by atoms with Crippen molar-refractivity contribution in [2.75, 3.05) is 0 Å². The second-order valence-electron chi connectivity index (χ2n) is 6.52. The van der Waals surface area contributed by atoms with Crippen LogP contribution >= 0.6 is 0 Å². The molecule has 1 aromatic heterocycles. The molecule has 0 aliphatic rings. The smallest absolute Gasteiger partial charge is 0.123 e. The summed E-state index contributed by atoms with van der Waals surface area (Å²) in [6.07, 6.45) is 2.20. The van der Waals surface area contributed by atoms with Crippen LogP contribution in [0.1, 0.15) is 16.7 Å². The van der Waals surface area contributed by atoms with Gasteiger partial charge in [0, 0.05) is 36.7 Å². The van der Waals surface area contributed by atoms with E-state index < -0.39 is 0 Å². The van der Waals surface area contributed by atoms with E-state index >= 15 is 0 Å². The highest BCUT2D eigenvalue weighted by Crippen LogP contribution is 2.22. The van der Waals surface area contributed by atoms with E-state index in [0.717, 1.165) is 25.2 Å². The molecule has 1 heterocycles. The molecule has 0 amide bonds. The SMILES string of the molecule is Fc1ccc(Cn2cc(CNCc3ccccc3)c3ccccc32)cc1. The Morgan fingerprint density at radius 1 is 0.731 bits per heavy atom. The maximum atomic E-state index is 13.1. The topological polar surface area (TPSA) is 17.0 Å². The van der Waals surface area contributed by atoms with Crippen LogP contribution in [0, 0.1) is 5.82 Å². The van der Waals surface area contributed by atoms with E-state index in [1.165, 1.54) is 34.2 Å². The fourth-order valence-electron chi connectivity index (χ4n) is 3.32. The molecule has 1 N–H and O–H groups in total. The lowest BCUT2D eigenvalue weighted by Gasteiger charge is -2.05. The van der Waals surface area contributed by atoms with Gasteiger partial charge >= 0.3 is 0 Å². The summed E-state index contributed by atoms with van der Waals surface area (Å²) in [5, 5.41) is 4.79. The van der Waals surface area contributed by atoms with Crippen molar-refractivity contribution in [3.8, 4) is 0 Å². The summed E-state index contributed by atoms with van der Waals surface area (Å²) >= 11 is 0. The number of fused-ring (bicyclic) bond motifs is 1. The van der Waals surface area contributed by atoms with Gasteiger partial charge in [0.1, 0.15) is 5.82 Å². The van der Waals surface area contributed by atoms with Gasteiger partial charge in [0.25, 0.3) is 0 Å². The summed E-state index contributed by atoms with van der Waals surface area (Å²) in [7, 11) is 0. The van der Waals surface area contributed by atoms with Crippen LogP contribution in [-0.4, -0.2) is 4.57 Å². The molecule has 4 aromatic rings. The molecule has 0 saturated carbocycles. The van der Waals surface area contributed by atoms with Crippen molar-refractivity contribution in [3.05, 3.63) is 108 Å². The van der Waals surface area contributed by atoms with Gasteiger partial charge in [-0.15, -0.1) is 0 Å². The summed E-state index contributed by atoms with van der Waals surface area (Å²) in [5.74, 6) is -0.197. The number of benzene rings is 3. The molecule has 130 valence electrons. The highest BCUT2D eigenvalue weighted by Gasteiger charge is 2.08. The van der Waals surface area contributed by atoms with E-state index in [4.69, 9.17) is 0 Å². The fraction of sp³-hybridized carbons (Fsp3) is 0.130. The molecule has 0 fully saturated rings. The van der Waals surface area contributed by atoms with Gasteiger partial charge in [-0.2, -0.15) is 0 Å². The minimum atomic E-state index is -0.197. The quantitative estimate of drug-likeness (QED) is 0.514. The minimum Gasteiger partial charge on any atom is -0.343 e. The molecule has 3 aromatic carbocycles. The summed E-state index contributed by atoms with van der Waals surface area (Å²) in [6, 6.07) is 25.6. The van der Waals surface area contributed by atoms with Crippen molar-refractivity contribution in [2.24, 2.45) is 0 Å². The van der Waals surface area contributed by atoms with Crippen LogP contribution in [0.5, 0.6) is 0 Å². The molecule has 3 heteroatoms. The molecule has 26 heavy (non-hydrogen) atoms. The van der Waals surface area contributed by atoms with Crippen LogP contribution in [-0.2, 0) is 19.6 Å². The summed E-state index contributed by atoms with van der Waals surface area (Å²) < 4.78 is 15.4. The minimum absolute atomic E-state index is 0.197. The van der Waals surface area contributed by atoms with E-state index in [9.17, 15) is 4.39 Å². The predicted molar refractivity (Wildman–Crippen MR) is 104 cm³/mol. The molecule has 0 spiro atoms. The van der Waals surface area contributed by atoms with Crippen molar-refractivity contribution in [2.45, 2.75) is 19.6 Å². The standard InChI is InChI=1S/C23H21FN2/c24-21-12-10-19(11-13-21)16-26-17-20(22-8-4-5-9-23(22)26)15-25-14-18-6-2-1-3-7-18/h1-13,17,25H,14-16H2. The molecule has 0 atom stereocenters. The van der Waals surface area contributed by atoms with E-state index in [1.807, 2.05) is 18.2 Å². The maximum absolute atomic E-state index is 13.1. The predicted octanol–water partition coefficient (Wildman–Crippen LogP) is 5.12. The zero-order valence-corrected chi connectivity index (χ0v) is 14.5. The maximum Gasteiger partial charge on any atom is 0.123 e. The Balaban J connectivity index is 1.54. The molecule has 4 rings (SSSR count). The molecule has 0 unspecified atom stereocenters. The van der Waals surface area contributed by atoms with Gasteiger partial charge in [-0.05, 0) is 34.9 Å². The van der Waals surface area contributed by atoms with Gasteiger partial charge in [-0.3, -0.25) is 0 Å². The van der Waals surface area contributed by atoms with E-state index in [2.05, 4.69) is 64.6 Å². The average Bonchev–Trinajstić information content (AvgIpc) is 3.02. The third kappa shape index (κ3) is 3.68. The summed E-state index contributed by atoms with van der Waals surface area (Å²) in [5.41, 5.74) is 4.85. The number of aromatic nitrogens is 1. The monoisotopic (exact) mass is 344 g/mol. The largest absolute Gasteiger partial charge is 0.343 e. The van der Waals surface area contributed by atoms with Crippen LogP contribution in [0.3, 0.4) is 0 Å². The molecule has 0 bridgehead atoms. The zero-order chi connectivity index (χ0) is 17.8. The number of hydrogen-bond donors (Lipinski definition) is 1. The Morgan fingerprint density at radius 2 is 1.46 bits per heavy atom. The second kappa shape index (κ2) is 7.54. The number of nitrogens with zero attached hydrogens (tertiary/aromatic N) is 1. The lowest BCUT2D eigenvalue weighted by Crippen LogP contribution is -2.12. The van der Waals surface area contributed by atoms with Gasteiger partial charge in [0.2, 0.25) is 0 Å². The van der Waals surface area contributed by atoms with Crippen molar-refractivity contribution in [3.63, 3.8) is 0 Å². The lowest BCUT2D eigenvalue weighted by molar-refractivity contribution is 0.626. The number of hydrogen-bond acceptors (Lipinski definition) is 1. The number of para-hydroxylation sites is 1. The summed E-state index contributed by atoms with van der Waals surface area (Å²) in [6.45, 7) is 2.39.